The molecule has 0 fully saturated rings. The minimum absolute atomic E-state index is 0. The van der Waals surface area contributed by atoms with Crippen LogP contribution in [0, 0.1) is 0 Å². The smallest absolute Gasteiger partial charge is 0.743 e. The molecule has 24 heteroatoms. The van der Waals surface area contributed by atoms with Gasteiger partial charge < -0.3 is 4.55 Å². The fraction of sp³-hybridized carbons (Fsp3) is 1.00. The third-order valence-corrected chi connectivity index (χ3v) is 4.72. The first-order chi connectivity index (χ1) is 14.2. The van der Waals surface area contributed by atoms with E-state index in [9.17, 15) is 96.4 Å². The quantitative estimate of drug-likeness (QED) is 0.220. The molecule has 3 nitrogen and oxygen atoms in total. The Morgan fingerprint density at radius 1 is 0.457 bits per heavy atom. The maximum absolute atomic E-state index is 13.4. The van der Waals surface area contributed by atoms with E-state index in [1.165, 1.54) is 0 Å². The molecule has 0 bridgehead atoms. The zero-order valence-electron chi connectivity index (χ0n) is 15.7. The monoisotopic (exact) mass is 600 g/mol. The Morgan fingerprint density at radius 2 is 0.714 bits per heavy atom. The number of alkyl halides is 19. The Balaban J connectivity index is 0. The molecule has 0 amide bonds. The average Bonchev–Trinajstić information content (AvgIpc) is 2.57. The summed E-state index contributed by atoms with van der Waals surface area (Å²) in [6, 6.07) is 0. The van der Waals surface area contributed by atoms with Crippen LogP contribution in [0.3, 0.4) is 0 Å². The third-order valence-electron chi connectivity index (χ3n) is 3.83. The summed E-state index contributed by atoms with van der Waals surface area (Å²) in [6.45, 7) is 0. The van der Waals surface area contributed by atoms with Gasteiger partial charge >= 0.3 is 82.4 Å². The fourth-order valence-electron chi connectivity index (χ4n) is 1.81. The normalized spacial score (nSPS) is 16.2. The van der Waals surface area contributed by atoms with E-state index in [0.29, 0.717) is 0 Å². The fourth-order valence-corrected chi connectivity index (χ4v) is 2.26. The average molecular weight is 600 g/mol. The molecule has 0 aliphatic heterocycles. The first-order valence-corrected chi connectivity index (χ1v) is 8.66. The standard InChI is InChI=1S/C11H5F19O3S.Na/c12-3(13,1-2-4(14,15)16)5(17,18)6(19,20)7(21,22)8(23,24)9(25,26)10(27,28)11(29,30)34(31,32)33;/h1-2H2,(H,31,32,33);/q;+1/p-1. The number of halogens is 19. The topological polar surface area (TPSA) is 57.2 Å². The van der Waals surface area contributed by atoms with Crippen molar-refractivity contribution >= 4 is 10.1 Å². The maximum Gasteiger partial charge on any atom is 1.00 e. The second-order valence-electron chi connectivity index (χ2n) is 6.24. The van der Waals surface area contributed by atoms with Crippen LogP contribution in [-0.4, -0.2) is 65.9 Å². The van der Waals surface area contributed by atoms with Crippen molar-refractivity contribution < 1.29 is 126 Å². The predicted octanol–water partition coefficient (Wildman–Crippen LogP) is 2.92. The van der Waals surface area contributed by atoms with Crippen LogP contribution in [0.2, 0.25) is 0 Å². The molecule has 0 radical (unpaired) electrons. The summed E-state index contributed by atoms with van der Waals surface area (Å²) in [7, 11) is -8.21. The van der Waals surface area contributed by atoms with Gasteiger partial charge in [0.25, 0.3) is 0 Å². The molecule has 0 atom stereocenters. The molecule has 0 saturated heterocycles. The summed E-state index contributed by atoms with van der Waals surface area (Å²) in [5, 5.41) is -8.02. The molecule has 0 aromatic rings. The van der Waals surface area contributed by atoms with E-state index in [2.05, 4.69) is 0 Å². The molecular weight excluding hydrogens is 596 g/mol. The maximum atomic E-state index is 13.4. The molecule has 0 saturated carbocycles. The van der Waals surface area contributed by atoms with Gasteiger partial charge in [-0.3, -0.25) is 0 Å². The molecule has 0 heterocycles. The van der Waals surface area contributed by atoms with Gasteiger partial charge in [0.05, 0.1) is 0 Å². The zero-order chi connectivity index (χ0) is 28.4. The molecule has 0 N–H and O–H groups in total. The number of hydrogen-bond donors (Lipinski definition) is 0. The Kier molecular flexibility index (Phi) is 9.87. The summed E-state index contributed by atoms with van der Waals surface area (Å²) in [5.74, 6) is -59.4. The van der Waals surface area contributed by atoms with E-state index < -0.39 is 75.8 Å². The van der Waals surface area contributed by atoms with Gasteiger partial charge in [-0.15, -0.1) is 0 Å². The van der Waals surface area contributed by atoms with Crippen LogP contribution in [0.5, 0.6) is 0 Å². The van der Waals surface area contributed by atoms with Crippen LogP contribution in [0.15, 0.2) is 0 Å². The molecular formula is C11H4F19NaO3S. The minimum atomic E-state index is -9.00. The van der Waals surface area contributed by atoms with Crippen molar-refractivity contribution in [2.45, 2.75) is 65.7 Å². The van der Waals surface area contributed by atoms with Crippen molar-refractivity contribution in [1.82, 2.24) is 0 Å². The molecule has 0 aliphatic rings. The van der Waals surface area contributed by atoms with E-state index >= 15 is 0 Å². The summed E-state index contributed by atoms with van der Waals surface area (Å²) < 4.78 is 276. The van der Waals surface area contributed by atoms with E-state index in [4.69, 9.17) is 0 Å². The van der Waals surface area contributed by atoms with E-state index in [0.717, 1.165) is 0 Å². The third kappa shape index (κ3) is 5.42. The second-order valence-corrected chi connectivity index (χ2v) is 7.66. The molecule has 206 valence electrons. The molecule has 0 unspecified atom stereocenters. The van der Waals surface area contributed by atoms with Crippen molar-refractivity contribution in [1.29, 1.82) is 0 Å². The SMILES string of the molecule is O=S(=O)([O-])C(F)(F)C(F)(F)C(F)(F)C(F)(F)C(F)(F)C(F)(F)C(F)(F)C(F)(F)CCC(F)(F)F.[Na+]. The predicted molar refractivity (Wildman–Crippen MR) is 64.6 cm³/mol. The van der Waals surface area contributed by atoms with Crippen LogP contribution >= 0.6 is 0 Å². The van der Waals surface area contributed by atoms with Gasteiger partial charge in [-0.05, 0) is 0 Å². The Labute approximate surface area is 202 Å². The summed E-state index contributed by atoms with van der Waals surface area (Å²) >= 11 is 0. The number of rotatable bonds is 10. The molecule has 0 rings (SSSR count). The van der Waals surface area contributed by atoms with Crippen molar-refractivity contribution in [3.8, 4) is 0 Å². The van der Waals surface area contributed by atoms with Crippen molar-refractivity contribution in [2.75, 3.05) is 0 Å². The van der Waals surface area contributed by atoms with Gasteiger partial charge in [-0.1, -0.05) is 0 Å². The molecule has 0 aromatic carbocycles. The minimum Gasteiger partial charge on any atom is -0.743 e. The van der Waals surface area contributed by atoms with Gasteiger partial charge in [0.2, 0.25) is 0 Å². The first kappa shape index (κ1) is 36.7. The first-order valence-electron chi connectivity index (χ1n) is 7.25. The van der Waals surface area contributed by atoms with Crippen molar-refractivity contribution in [2.24, 2.45) is 0 Å². The van der Waals surface area contributed by atoms with E-state index in [1.54, 1.807) is 0 Å². The second kappa shape index (κ2) is 9.40. The van der Waals surface area contributed by atoms with E-state index in [1.807, 2.05) is 0 Å². The van der Waals surface area contributed by atoms with Gasteiger partial charge in [0.1, 0.15) is 0 Å². The van der Waals surface area contributed by atoms with Crippen LogP contribution < -0.4 is 29.6 Å². The van der Waals surface area contributed by atoms with Gasteiger partial charge in [-0.2, -0.15) is 83.4 Å². The Hall–Kier alpha value is -0.420. The summed E-state index contributed by atoms with van der Waals surface area (Å²) in [5.41, 5.74) is 0. The van der Waals surface area contributed by atoms with E-state index in [-0.39, 0.29) is 29.6 Å². The van der Waals surface area contributed by atoms with Gasteiger partial charge in [0.15, 0.2) is 10.1 Å². The van der Waals surface area contributed by atoms with Gasteiger partial charge in [0, 0.05) is 12.8 Å². The Morgan fingerprint density at radius 3 is 0.971 bits per heavy atom. The van der Waals surface area contributed by atoms with Crippen LogP contribution in [0.1, 0.15) is 12.8 Å². The van der Waals surface area contributed by atoms with Crippen molar-refractivity contribution in [3.05, 3.63) is 0 Å². The van der Waals surface area contributed by atoms with Crippen LogP contribution in [-0.2, 0) is 10.1 Å². The molecule has 35 heavy (non-hydrogen) atoms. The van der Waals surface area contributed by atoms with Crippen molar-refractivity contribution in [3.63, 3.8) is 0 Å². The van der Waals surface area contributed by atoms with Gasteiger partial charge in [-0.25, -0.2) is 8.42 Å². The summed E-state index contributed by atoms with van der Waals surface area (Å²) in [6.07, 6.45) is -12.7. The summed E-state index contributed by atoms with van der Waals surface area (Å²) in [4.78, 5) is 0. The number of hydrogen-bond acceptors (Lipinski definition) is 3. The van der Waals surface area contributed by atoms with Crippen LogP contribution in [0.4, 0.5) is 83.4 Å². The molecule has 0 aromatic heterocycles. The van der Waals surface area contributed by atoms with Crippen LogP contribution in [0.25, 0.3) is 0 Å². The molecule has 0 aliphatic carbocycles. The Bertz CT molecular complexity index is 862. The molecule has 0 spiro atoms. The zero-order valence-corrected chi connectivity index (χ0v) is 18.5. The largest absolute Gasteiger partial charge is 1.00 e.